The van der Waals surface area contributed by atoms with Crippen molar-refractivity contribution >= 4 is 45.8 Å². The first kappa shape index (κ1) is 15.1. The van der Waals surface area contributed by atoms with Gasteiger partial charge >= 0.3 is 0 Å². The predicted octanol–water partition coefficient (Wildman–Crippen LogP) is 4.02. The first-order valence-corrected chi connectivity index (χ1v) is 7.55. The minimum absolute atomic E-state index is 0.165. The van der Waals surface area contributed by atoms with Crippen LogP contribution in [0.15, 0.2) is 42.5 Å². The molecule has 0 aliphatic heterocycles. The number of nitrogens with one attached hydrogen (secondary N) is 1. The Labute approximate surface area is 136 Å². The number of hydrogen-bond donors (Lipinski definition) is 2. The average molecular weight is 401 g/mol. The molecule has 0 aromatic heterocycles. The standard InChI is InChI=1S/C15H14ClIN2O/c1-9(11-4-2-3-5-14(11)18)19-15(20)10-6-7-13(17)12(16)8-10/h2-9H,18H2,1H3,(H,19,20). The largest absolute Gasteiger partial charge is 0.398 e. The number of rotatable bonds is 3. The lowest BCUT2D eigenvalue weighted by atomic mass is 10.1. The highest BCUT2D eigenvalue weighted by Gasteiger charge is 2.14. The van der Waals surface area contributed by atoms with Crippen molar-refractivity contribution in [3.05, 3.63) is 62.2 Å². The van der Waals surface area contributed by atoms with Crippen molar-refractivity contribution in [2.45, 2.75) is 13.0 Å². The normalized spacial score (nSPS) is 11.9. The van der Waals surface area contributed by atoms with Crippen molar-refractivity contribution in [2.24, 2.45) is 0 Å². The number of benzene rings is 2. The van der Waals surface area contributed by atoms with E-state index in [1.807, 2.05) is 37.3 Å². The van der Waals surface area contributed by atoms with Gasteiger partial charge in [-0.05, 0) is 59.3 Å². The summed E-state index contributed by atoms with van der Waals surface area (Å²) in [5.41, 5.74) is 8.01. The Morgan fingerprint density at radius 2 is 2.00 bits per heavy atom. The molecule has 2 aromatic carbocycles. The SMILES string of the molecule is CC(NC(=O)c1ccc(I)c(Cl)c1)c1ccccc1N. The summed E-state index contributed by atoms with van der Waals surface area (Å²) in [5, 5.41) is 3.49. The van der Waals surface area contributed by atoms with Gasteiger partial charge in [-0.3, -0.25) is 4.79 Å². The summed E-state index contributed by atoms with van der Waals surface area (Å²) in [4.78, 5) is 12.2. The number of amides is 1. The molecule has 0 spiro atoms. The third-order valence-electron chi connectivity index (χ3n) is 2.99. The molecule has 0 bridgehead atoms. The Morgan fingerprint density at radius 3 is 2.65 bits per heavy atom. The maximum Gasteiger partial charge on any atom is 0.251 e. The molecule has 104 valence electrons. The van der Waals surface area contributed by atoms with Gasteiger partial charge in [-0.25, -0.2) is 0 Å². The Balaban J connectivity index is 2.15. The zero-order chi connectivity index (χ0) is 14.7. The van der Waals surface area contributed by atoms with E-state index in [1.165, 1.54) is 0 Å². The van der Waals surface area contributed by atoms with Crippen LogP contribution in [0.5, 0.6) is 0 Å². The van der Waals surface area contributed by atoms with Crippen LogP contribution >= 0.6 is 34.2 Å². The summed E-state index contributed by atoms with van der Waals surface area (Å²) in [7, 11) is 0. The van der Waals surface area contributed by atoms with Crippen molar-refractivity contribution in [1.29, 1.82) is 0 Å². The molecule has 0 saturated heterocycles. The van der Waals surface area contributed by atoms with E-state index in [0.29, 0.717) is 16.3 Å². The Bertz CT molecular complexity index is 646. The highest BCUT2D eigenvalue weighted by Crippen LogP contribution is 2.22. The monoisotopic (exact) mass is 400 g/mol. The minimum atomic E-state index is -0.168. The second kappa shape index (κ2) is 6.45. The number of para-hydroxylation sites is 1. The average Bonchev–Trinajstić information content (AvgIpc) is 2.42. The molecule has 3 N–H and O–H groups in total. The molecule has 0 aliphatic carbocycles. The molecule has 20 heavy (non-hydrogen) atoms. The van der Waals surface area contributed by atoms with Crippen LogP contribution < -0.4 is 11.1 Å². The van der Waals surface area contributed by atoms with Gasteiger partial charge in [0.1, 0.15) is 0 Å². The van der Waals surface area contributed by atoms with E-state index >= 15 is 0 Å². The highest BCUT2D eigenvalue weighted by molar-refractivity contribution is 14.1. The predicted molar refractivity (Wildman–Crippen MR) is 90.9 cm³/mol. The number of carbonyl (C=O) groups is 1. The lowest BCUT2D eigenvalue weighted by molar-refractivity contribution is 0.0940. The third-order valence-corrected chi connectivity index (χ3v) is 4.56. The summed E-state index contributed by atoms with van der Waals surface area (Å²) < 4.78 is 0.918. The first-order chi connectivity index (χ1) is 9.49. The fourth-order valence-corrected chi connectivity index (χ4v) is 2.42. The van der Waals surface area contributed by atoms with Gasteiger partial charge in [0.2, 0.25) is 0 Å². The summed E-state index contributed by atoms with van der Waals surface area (Å²) >= 11 is 8.15. The number of nitrogens with two attached hydrogens (primary N) is 1. The van der Waals surface area contributed by atoms with Gasteiger partial charge in [-0.1, -0.05) is 29.8 Å². The first-order valence-electron chi connectivity index (χ1n) is 6.09. The van der Waals surface area contributed by atoms with Crippen molar-refractivity contribution in [1.82, 2.24) is 5.32 Å². The van der Waals surface area contributed by atoms with Crippen molar-refractivity contribution < 1.29 is 4.79 Å². The molecule has 1 amide bonds. The molecular weight excluding hydrogens is 387 g/mol. The quantitative estimate of drug-likeness (QED) is 0.604. The Hall–Kier alpha value is -1.27. The van der Waals surface area contributed by atoms with Gasteiger partial charge < -0.3 is 11.1 Å². The van der Waals surface area contributed by atoms with E-state index in [9.17, 15) is 4.79 Å². The van der Waals surface area contributed by atoms with Crippen LogP contribution in [0.3, 0.4) is 0 Å². The van der Waals surface area contributed by atoms with Gasteiger partial charge in [-0.2, -0.15) is 0 Å². The maximum atomic E-state index is 12.2. The molecule has 5 heteroatoms. The van der Waals surface area contributed by atoms with E-state index < -0.39 is 0 Å². The number of anilines is 1. The third kappa shape index (κ3) is 3.43. The summed E-state index contributed by atoms with van der Waals surface area (Å²) in [6.45, 7) is 1.90. The van der Waals surface area contributed by atoms with E-state index in [4.69, 9.17) is 17.3 Å². The zero-order valence-corrected chi connectivity index (χ0v) is 13.8. The van der Waals surface area contributed by atoms with E-state index in [2.05, 4.69) is 27.9 Å². The Kier molecular flexibility index (Phi) is 4.88. The van der Waals surface area contributed by atoms with Gasteiger partial charge in [0.15, 0.2) is 0 Å². The topological polar surface area (TPSA) is 55.1 Å². The van der Waals surface area contributed by atoms with Crippen molar-refractivity contribution in [3.8, 4) is 0 Å². The Morgan fingerprint density at radius 1 is 1.30 bits per heavy atom. The second-order valence-corrected chi connectivity index (χ2v) is 6.02. The van der Waals surface area contributed by atoms with Crippen LogP contribution in [0.25, 0.3) is 0 Å². The fourth-order valence-electron chi connectivity index (χ4n) is 1.90. The maximum absolute atomic E-state index is 12.2. The van der Waals surface area contributed by atoms with E-state index in [-0.39, 0.29) is 11.9 Å². The van der Waals surface area contributed by atoms with Gasteiger partial charge in [0, 0.05) is 14.8 Å². The van der Waals surface area contributed by atoms with Gasteiger partial charge in [0.05, 0.1) is 11.1 Å². The number of nitrogen functional groups attached to an aromatic ring is 1. The second-order valence-electron chi connectivity index (χ2n) is 4.45. The molecule has 0 aliphatic rings. The van der Waals surface area contributed by atoms with Crippen molar-refractivity contribution in [2.75, 3.05) is 5.73 Å². The highest BCUT2D eigenvalue weighted by atomic mass is 127. The minimum Gasteiger partial charge on any atom is -0.398 e. The van der Waals surface area contributed by atoms with Crippen LogP contribution in [0.2, 0.25) is 5.02 Å². The van der Waals surface area contributed by atoms with Gasteiger partial charge in [-0.15, -0.1) is 0 Å². The molecule has 0 saturated carbocycles. The molecule has 0 radical (unpaired) electrons. The van der Waals surface area contributed by atoms with Crippen LogP contribution in [0.1, 0.15) is 28.9 Å². The fraction of sp³-hybridized carbons (Fsp3) is 0.133. The van der Waals surface area contributed by atoms with Crippen LogP contribution in [0, 0.1) is 3.57 Å². The molecule has 1 atom stereocenters. The molecular formula is C15H14ClIN2O. The van der Waals surface area contributed by atoms with Crippen molar-refractivity contribution in [3.63, 3.8) is 0 Å². The lowest BCUT2D eigenvalue weighted by Gasteiger charge is -2.16. The molecule has 1 unspecified atom stereocenters. The van der Waals surface area contributed by atoms with Gasteiger partial charge in [0.25, 0.3) is 5.91 Å². The zero-order valence-electron chi connectivity index (χ0n) is 10.9. The van der Waals surface area contributed by atoms with Crippen LogP contribution in [-0.4, -0.2) is 5.91 Å². The van der Waals surface area contributed by atoms with Crippen LogP contribution in [0.4, 0.5) is 5.69 Å². The molecule has 3 nitrogen and oxygen atoms in total. The summed E-state index contributed by atoms with van der Waals surface area (Å²) in [6, 6.07) is 12.6. The van der Waals surface area contributed by atoms with E-state index in [0.717, 1.165) is 9.13 Å². The molecule has 2 aromatic rings. The smallest absolute Gasteiger partial charge is 0.251 e. The molecule has 0 fully saturated rings. The molecule has 2 rings (SSSR count). The van der Waals surface area contributed by atoms with Crippen LogP contribution in [-0.2, 0) is 0 Å². The number of carbonyl (C=O) groups excluding carboxylic acids is 1. The summed E-state index contributed by atoms with van der Waals surface area (Å²) in [6.07, 6.45) is 0. The lowest BCUT2D eigenvalue weighted by Crippen LogP contribution is -2.27. The van der Waals surface area contributed by atoms with E-state index in [1.54, 1.807) is 12.1 Å². The summed E-state index contributed by atoms with van der Waals surface area (Å²) in [5.74, 6) is -0.168. The number of hydrogen-bond acceptors (Lipinski definition) is 2. The number of halogens is 2. The molecule has 0 heterocycles.